The Morgan fingerprint density at radius 3 is 2.69 bits per heavy atom. The number of hydrogen-bond acceptors (Lipinski definition) is 5. The van der Waals surface area contributed by atoms with Gasteiger partial charge in [0.2, 0.25) is 5.91 Å². The molecule has 1 atom stereocenters. The zero-order chi connectivity index (χ0) is 21.6. The average molecular weight is 408 g/mol. The van der Waals surface area contributed by atoms with Crippen LogP contribution in [0.1, 0.15) is 61.5 Å². The molecule has 0 saturated carbocycles. The molecule has 1 aromatic rings. The van der Waals surface area contributed by atoms with Crippen LogP contribution in [0.3, 0.4) is 0 Å². The normalized spacial score (nSPS) is 18.7. The molecule has 1 aliphatic rings. The van der Waals surface area contributed by atoms with Crippen molar-refractivity contribution in [3.05, 3.63) is 17.5 Å². The molecule has 1 aromatic heterocycles. The Balaban J connectivity index is 2.07. The van der Waals surface area contributed by atoms with Gasteiger partial charge in [-0.1, -0.05) is 13.8 Å². The molecule has 0 aliphatic carbocycles. The number of likely N-dealkylation sites (N-methyl/N-ethyl adjacent to an activating group) is 1. The van der Waals surface area contributed by atoms with Crippen LogP contribution in [0, 0.1) is 5.92 Å². The van der Waals surface area contributed by atoms with Crippen LogP contribution in [0.15, 0.2) is 6.07 Å². The van der Waals surface area contributed by atoms with E-state index in [0.29, 0.717) is 44.3 Å². The van der Waals surface area contributed by atoms with Crippen molar-refractivity contribution in [2.75, 3.05) is 33.4 Å². The van der Waals surface area contributed by atoms with E-state index in [1.807, 2.05) is 6.92 Å². The van der Waals surface area contributed by atoms with E-state index in [2.05, 4.69) is 29.6 Å². The summed E-state index contributed by atoms with van der Waals surface area (Å²) in [6, 6.07) is 1.48. The van der Waals surface area contributed by atoms with Gasteiger partial charge in [-0.25, -0.2) is 0 Å². The third-order valence-corrected chi connectivity index (χ3v) is 5.19. The van der Waals surface area contributed by atoms with E-state index in [0.717, 1.165) is 6.42 Å². The quantitative estimate of drug-likeness (QED) is 0.564. The van der Waals surface area contributed by atoms with Crippen molar-refractivity contribution < 1.29 is 19.1 Å². The lowest BCUT2D eigenvalue weighted by atomic mass is 9.95. The maximum Gasteiger partial charge on any atom is 0.272 e. The van der Waals surface area contributed by atoms with Crippen LogP contribution < -0.4 is 10.6 Å². The fourth-order valence-electron chi connectivity index (χ4n) is 3.11. The van der Waals surface area contributed by atoms with Gasteiger partial charge in [0.15, 0.2) is 5.69 Å². The molecule has 0 fully saturated rings. The molecule has 2 rings (SSSR count). The fraction of sp³-hybridized carbons (Fsp3) is 0.700. The van der Waals surface area contributed by atoms with Gasteiger partial charge in [0.25, 0.3) is 11.8 Å². The van der Waals surface area contributed by atoms with Crippen molar-refractivity contribution in [2.24, 2.45) is 5.92 Å². The first-order chi connectivity index (χ1) is 13.7. The van der Waals surface area contributed by atoms with Crippen molar-refractivity contribution in [3.8, 4) is 0 Å². The Labute approximate surface area is 172 Å². The minimum Gasteiger partial charge on any atom is -0.382 e. The lowest BCUT2D eigenvalue weighted by Crippen LogP contribution is -2.62. The van der Waals surface area contributed by atoms with Crippen LogP contribution in [0.2, 0.25) is 0 Å². The SMILES string of the molecule is CCOCCCNC(=O)c1cc2n(n1)C[C@@](C)(C(=O)NCCC(C)C)N(C)C2=O. The van der Waals surface area contributed by atoms with E-state index in [9.17, 15) is 14.4 Å². The van der Waals surface area contributed by atoms with E-state index >= 15 is 0 Å². The number of nitrogens with one attached hydrogen (secondary N) is 2. The van der Waals surface area contributed by atoms with Crippen molar-refractivity contribution >= 4 is 17.7 Å². The topological polar surface area (TPSA) is 106 Å². The summed E-state index contributed by atoms with van der Waals surface area (Å²) < 4.78 is 6.70. The molecule has 1 aliphatic heterocycles. The van der Waals surface area contributed by atoms with Crippen molar-refractivity contribution in [2.45, 2.75) is 52.6 Å². The highest BCUT2D eigenvalue weighted by Gasteiger charge is 2.46. The molecule has 162 valence electrons. The molecule has 2 N–H and O–H groups in total. The number of fused-ring (bicyclic) bond motifs is 1. The molecular formula is C20H33N5O4. The predicted molar refractivity (Wildman–Crippen MR) is 109 cm³/mol. The number of nitrogens with zero attached hydrogens (tertiary/aromatic N) is 3. The number of carbonyl (C=O) groups is 3. The molecule has 0 saturated heterocycles. The minimum atomic E-state index is -1.07. The number of hydrogen-bond donors (Lipinski definition) is 2. The molecule has 0 aromatic carbocycles. The molecule has 9 nitrogen and oxygen atoms in total. The standard InChI is InChI=1S/C20H33N5O4/c1-6-29-11-7-9-21-17(26)15-12-16-18(27)24(5)20(4,13-25(16)23-15)19(28)22-10-8-14(2)3/h12,14H,6-11,13H2,1-5H3,(H,21,26)(H,22,28)/t20-/m0/s1. The van der Waals surface area contributed by atoms with E-state index in [-0.39, 0.29) is 30.0 Å². The summed E-state index contributed by atoms with van der Waals surface area (Å²) in [5.74, 6) is -0.430. The van der Waals surface area contributed by atoms with Gasteiger partial charge in [-0.2, -0.15) is 5.10 Å². The van der Waals surface area contributed by atoms with Crippen molar-refractivity contribution in [1.82, 2.24) is 25.3 Å². The summed E-state index contributed by atoms with van der Waals surface area (Å²) in [4.78, 5) is 39.4. The van der Waals surface area contributed by atoms with E-state index < -0.39 is 5.54 Å². The highest BCUT2D eigenvalue weighted by Crippen LogP contribution is 2.26. The smallest absolute Gasteiger partial charge is 0.272 e. The van der Waals surface area contributed by atoms with Gasteiger partial charge >= 0.3 is 0 Å². The van der Waals surface area contributed by atoms with E-state index in [1.54, 1.807) is 14.0 Å². The maximum absolute atomic E-state index is 12.8. The van der Waals surface area contributed by atoms with Crippen LogP contribution >= 0.6 is 0 Å². The Morgan fingerprint density at radius 2 is 2.03 bits per heavy atom. The highest BCUT2D eigenvalue weighted by atomic mass is 16.5. The van der Waals surface area contributed by atoms with Crippen LogP contribution in [-0.4, -0.2) is 71.3 Å². The number of amides is 3. The summed E-state index contributed by atoms with van der Waals surface area (Å²) in [6.07, 6.45) is 1.56. The number of ether oxygens (including phenoxy) is 1. The zero-order valence-corrected chi connectivity index (χ0v) is 18.1. The summed E-state index contributed by atoms with van der Waals surface area (Å²) in [6.45, 7) is 10.2. The Kier molecular flexibility index (Phi) is 7.78. The van der Waals surface area contributed by atoms with Gasteiger partial charge in [-0.3, -0.25) is 19.1 Å². The second-order valence-corrected chi connectivity index (χ2v) is 7.96. The molecule has 2 heterocycles. The van der Waals surface area contributed by atoms with Gasteiger partial charge < -0.3 is 20.3 Å². The first kappa shape index (κ1) is 22.9. The average Bonchev–Trinajstić information content (AvgIpc) is 3.09. The maximum atomic E-state index is 12.8. The molecule has 9 heteroatoms. The highest BCUT2D eigenvalue weighted by molar-refractivity contribution is 6.01. The van der Waals surface area contributed by atoms with E-state index in [1.165, 1.54) is 15.6 Å². The molecular weight excluding hydrogens is 374 g/mol. The fourth-order valence-corrected chi connectivity index (χ4v) is 3.11. The Hall–Kier alpha value is -2.42. The van der Waals surface area contributed by atoms with Crippen LogP contribution in [0.5, 0.6) is 0 Å². The van der Waals surface area contributed by atoms with E-state index in [4.69, 9.17) is 4.74 Å². The first-order valence-corrected chi connectivity index (χ1v) is 10.2. The number of carbonyl (C=O) groups excluding carboxylic acids is 3. The van der Waals surface area contributed by atoms with Crippen molar-refractivity contribution in [3.63, 3.8) is 0 Å². The summed E-state index contributed by atoms with van der Waals surface area (Å²) in [5, 5.41) is 9.97. The van der Waals surface area contributed by atoms with Gasteiger partial charge in [0.1, 0.15) is 11.2 Å². The predicted octanol–water partition coefficient (Wildman–Crippen LogP) is 1.05. The third-order valence-electron chi connectivity index (χ3n) is 5.19. The summed E-state index contributed by atoms with van der Waals surface area (Å²) in [7, 11) is 1.61. The molecule has 29 heavy (non-hydrogen) atoms. The largest absolute Gasteiger partial charge is 0.382 e. The summed E-state index contributed by atoms with van der Waals surface area (Å²) >= 11 is 0. The van der Waals surface area contributed by atoms with Gasteiger partial charge in [0, 0.05) is 39.4 Å². The Morgan fingerprint density at radius 1 is 1.31 bits per heavy atom. The second kappa shape index (κ2) is 9.87. The first-order valence-electron chi connectivity index (χ1n) is 10.2. The molecule has 0 bridgehead atoms. The second-order valence-electron chi connectivity index (χ2n) is 7.96. The lowest BCUT2D eigenvalue weighted by molar-refractivity contribution is -0.132. The molecule has 3 amide bonds. The Bertz CT molecular complexity index is 745. The van der Waals surface area contributed by atoms with Gasteiger partial charge in [0.05, 0.1) is 6.54 Å². The summed E-state index contributed by atoms with van der Waals surface area (Å²) in [5.41, 5.74) is -0.597. The van der Waals surface area contributed by atoms with Crippen LogP contribution in [0.25, 0.3) is 0 Å². The monoisotopic (exact) mass is 407 g/mol. The minimum absolute atomic E-state index is 0.169. The lowest BCUT2D eigenvalue weighted by Gasteiger charge is -2.40. The number of rotatable bonds is 10. The van der Waals surface area contributed by atoms with Gasteiger partial charge in [-0.15, -0.1) is 0 Å². The molecule has 0 radical (unpaired) electrons. The molecule has 0 unspecified atom stereocenters. The number of aromatic nitrogens is 2. The van der Waals surface area contributed by atoms with Crippen molar-refractivity contribution in [1.29, 1.82) is 0 Å². The molecule has 0 spiro atoms. The zero-order valence-electron chi connectivity index (χ0n) is 18.1. The van der Waals surface area contributed by atoms with Gasteiger partial charge in [-0.05, 0) is 32.6 Å². The van der Waals surface area contributed by atoms with Crippen LogP contribution in [-0.2, 0) is 16.1 Å². The third kappa shape index (κ3) is 5.35. The van der Waals surface area contributed by atoms with Crippen LogP contribution in [0.4, 0.5) is 0 Å².